The molecule has 2 nitrogen and oxygen atoms in total. The van der Waals surface area contributed by atoms with Crippen LogP contribution in [0.5, 0.6) is 0 Å². The van der Waals surface area contributed by atoms with Crippen molar-refractivity contribution in [3.8, 4) is 0 Å². The molecule has 0 aromatic heterocycles. The van der Waals surface area contributed by atoms with Crippen molar-refractivity contribution in [2.24, 2.45) is 5.41 Å². The molecular formula is C14H29NOS. The highest BCUT2D eigenvalue weighted by molar-refractivity contribution is 7.80. The van der Waals surface area contributed by atoms with Gasteiger partial charge in [-0.2, -0.15) is 12.6 Å². The minimum absolute atomic E-state index is 0.0611. The van der Waals surface area contributed by atoms with Gasteiger partial charge in [0, 0.05) is 19.6 Å². The van der Waals surface area contributed by atoms with Crippen molar-refractivity contribution in [3.63, 3.8) is 0 Å². The second kappa shape index (κ2) is 7.65. The fourth-order valence-electron chi connectivity index (χ4n) is 3.10. The van der Waals surface area contributed by atoms with Gasteiger partial charge >= 0.3 is 0 Å². The molecule has 102 valence electrons. The maximum absolute atomic E-state index is 9.55. The summed E-state index contributed by atoms with van der Waals surface area (Å²) < 4.78 is 0. The molecule has 1 rings (SSSR count). The van der Waals surface area contributed by atoms with Gasteiger partial charge in [0.25, 0.3) is 0 Å². The van der Waals surface area contributed by atoms with Gasteiger partial charge in [-0.25, -0.2) is 0 Å². The fourth-order valence-corrected chi connectivity index (χ4v) is 3.52. The topological polar surface area (TPSA) is 23.5 Å². The number of likely N-dealkylation sites (tertiary alicyclic amines) is 1. The first-order valence-corrected chi connectivity index (χ1v) is 7.80. The maximum atomic E-state index is 9.55. The van der Waals surface area contributed by atoms with Crippen LogP contribution in [0, 0.1) is 5.41 Å². The van der Waals surface area contributed by atoms with Crippen LogP contribution in [0.1, 0.15) is 52.4 Å². The van der Waals surface area contributed by atoms with Crippen LogP contribution in [0.4, 0.5) is 0 Å². The van der Waals surface area contributed by atoms with E-state index in [1.165, 1.54) is 32.2 Å². The normalized spacial score (nSPS) is 19.8. The van der Waals surface area contributed by atoms with Crippen molar-refractivity contribution in [2.45, 2.75) is 58.5 Å². The Bertz CT molecular complexity index is 196. The van der Waals surface area contributed by atoms with E-state index in [4.69, 9.17) is 0 Å². The number of hydrogen-bond donors (Lipinski definition) is 2. The quantitative estimate of drug-likeness (QED) is 0.687. The molecule has 0 unspecified atom stereocenters. The third-order valence-corrected chi connectivity index (χ3v) is 4.68. The predicted molar refractivity (Wildman–Crippen MR) is 77.8 cm³/mol. The van der Waals surface area contributed by atoms with Gasteiger partial charge in [-0.05, 0) is 36.9 Å². The largest absolute Gasteiger partial charge is 0.393 e. The fraction of sp³-hybridized carbons (Fsp3) is 1.00. The van der Waals surface area contributed by atoms with Crippen molar-refractivity contribution >= 4 is 12.6 Å². The van der Waals surface area contributed by atoms with Crippen LogP contribution in [0.2, 0.25) is 0 Å². The van der Waals surface area contributed by atoms with Crippen molar-refractivity contribution in [1.82, 2.24) is 4.90 Å². The Morgan fingerprint density at radius 3 is 2.12 bits per heavy atom. The predicted octanol–water partition coefficient (Wildman–Crippen LogP) is 2.96. The molecule has 0 radical (unpaired) electrons. The highest BCUT2D eigenvalue weighted by atomic mass is 32.1. The zero-order valence-electron chi connectivity index (χ0n) is 11.5. The molecule has 0 amide bonds. The summed E-state index contributed by atoms with van der Waals surface area (Å²) in [5, 5.41) is 9.55. The lowest BCUT2D eigenvalue weighted by Crippen LogP contribution is -2.44. The number of aliphatic hydroxyl groups is 1. The molecule has 1 aliphatic heterocycles. The molecule has 0 atom stereocenters. The van der Waals surface area contributed by atoms with Crippen LogP contribution in [0.15, 0.2) is 0 Å². The summed E-state index contributed by atoms with van der Waals surface area (Å²) in [5.41, 5.74) is 0.398. The van der Waals surface area contributed by atoms with E-state index >= 15 is 0 Å². The van der Waals surface area contributed by atoms with Gasteiger partial charge in [0.15, 0.2) is 0 Å². The van der Waals surface area contributed by atoms with E-state index in [-0.39, 0.29) is 6.10 Å². The molecule has 0 bridgehead atoms. The number of piperidine rings is 1. The second-order valence-corrected chi connectivity index (χ2v) is 5.98. The summed E-state index contributed by atoms with van der Waals surface area (Å²) >= 11 is 4.61. The number of thiol groups is 1. The molecule has 0 aromatic rings. The molecular weight excluding hydrogens is 230 g/mol. The molecule has 0 aromatic carbocycles. The van der Waals surface area contributed by atoms with Gasteiger partial charge < -0.3 is 10.0 Å². The Morgan fingerprint density at radius 1 is 1.18 bits per heavy atom. The summed E-state index contributed by atoms with van der Waals surface area (Å²) in [5.74, 6) is 0.994. The van der Waals surface area contributed by atoms with E-state index in [1.54, 1.807) is 0 Å². The molecule has 1 fully saturated rings. The van der Waals surface area contributed by atoms with Gasteiger partial charge in [-0.1, -0.05) is 26.7 Å². The average molecular weight is 259 g/mol. The Balaban J connectivity index is 2.52. The summed E-state index contributed by atoms with van der Waals surface area (Å²) in [6, 6.07) is 0. The van der Waals surface area contributed by atoms with E-state index in [0.717, 1.165) is 31.7 Å². The molecule has 0 spiro atoms. The zero-order valence-corrected chi connectivity index (χ0v) is 12.4. The Labute approximate surface area is 112 Å². The van der Waals surface area contributed by atoms with Gasteiger partial charge in [-0.15, -0.1) is 0 Å². The highest BCUT2D eigenvalue weighted by Crippen LogP contribution is 2.33. The first-order valence-electron chi connectivity index (χ1n) is 7.17. The third kappa shape index (κ3) is 4.80. The summed E-state index contributed by atoms with van der Waals surface area (Å²) in [6.07, 6.45) is 6.89. The highest BCUT2D eigenvalue weighted by Gasteiger charge is 2.30. The first kappa shape index (κ1) is 15.3. The van der Waals surface area contributed by atoms with Crippen LogP contribution in [-0.4, -0.2) is 41.5 Å². The summed E-state index contributed by atoms with van der Waals surface area (Å²) in [7, 11) is 0. The van der Waals surface area contributed by atoms with Crippen molar-refractivity contribution in [2.75, 3.05) is 25.4 Å². The van der Waals surface area contributed by atoms with E-state index in [2.05, 4.69) is 31.4 Å². The molecule has 1 heterocycles. The van der Waals surface area contributed by atoms with Crippen LogP contribution in [0.3, 0.4) is 0 Å². The van der Waals surface area contributed by atoms with Gasteiger partial charge in [0.2, 0.25) is 0 Å². The Morgan fingerprint density at radius 2 is 1.71 bits per heavy atom. The first-order chi connectivity index (χ1) is 8.15. The third-order valence-electron chi connectivity index (χ3n) is 4.01. The second-order valence-electron chi connectivity index (χ2n) is 5.67. The van der Waals surface area contributed by atoms with E-state index in [1.807, 2.05) is 0 Å². The van der Waals surface area contributed by atoms with Crippen LogP contribution >= 0.6 is 12.6 Å². The zero-order chi connectivity index (χ0) is 12.7. The monoisotopic (exact) mass is 259 g/mol. The van der Waals surface area contributed by atoms with E-state index in [0.29, 0.717) is 5.41 Å². The minimum atomic E-state index is -0.0611. The van der Waals surface area contributed by atoms with Gasteiger partial charge in [-0.3, -0.25) is 0 Å². The minimum Gasteiger partial charge on any atom is -0.393 e. The number of aliphatic hydroxyl groups excluding tert-OH is 1. The Kier molecular flexibility index (Phi) is 6.90. The van der Waals surface area contributed by atoms with E-state index < -0.39 is 0 Å². The van der Waals surface area contributed by atoms with Crippen molar-refractivity contribution < 1.29 is 5.11 Å². The molecule has 17 heavy (non-hydrogen) atoms. The molecule has 0 saturated carbocycles. The molecule has 1 aliphatic rings. The number of rotatable bonds is 7. The molecule has 0 aliphatic carbocycles. The standard InChI is InChI=1S/C14H29NOS/c1-3-7-14(12-17,8-4-2)11-15-9-5-13(16)6-10-15/h13,16-17H,3-12H2,1-2H3. The lowest BCUT2D eigenvalue weighted by molar-refractivity contribution is 0.0562. The number of hydrogen-bond acceptors (Lipinski definition) is 3. The maximum Gasteiger partial charge on any atom is 0.0564 e. The van der Waals surface area contributed by atoms with Gasteiger partial charge in [0.1, 0.15) is 0 Å². The average Bonchev–Trinajstić information content (AvgIpc) is 2.33. The Hall–Kier alpha value is 0.270. The molecule has 1 N–H and O–H groups in total. The lowest BCUT2D eigenvalue weighted by Gasteiger charge is -2.40. The smallest absolute Gasteiger partial charge is 0.0564 e. The van der Waals surface area contributed by atoms with Crippen LogP contribution < -0.4 is 0 Å². The number of nitrogens with zero attached hydrogens (tertiary/aromatic N) is 1. The lowest BCUT2D eigenvalue weighted by atomic mass is 9.80. The molecule has 1 saturated heterocycles. The van der Waals surface area contributed by atoms with Gasteiger partial charge in [0.05, 0.1) is 6.10 Å². The van der Waals surface area contributed by atoms with Crippen molar-refractivity contribution in [1.29, 1.82) is 0 Å². The van der Waals surface area contributed by atoms with Crippen LogP contribution in [0.25, 0.3) is 0 Å². The summed E-state index contributed by atoms with van der Waals surface area (Å²) in [4.78, 5) is 2.54. The van der Waals surface area contributed by atoms with E-state index in [9.17, 15) is 5.11 Å². The van der Waals surface area contributed by atoms with Crippen LogP contribution in [-0.2, 0) is 0 Å². The SMILES string of the molecule is CCCC(CS)(CCC)CN1CCC(O)CC1. The van der Waals surface area contributed by atoms with Crippen molar-refractivity contribution in [3.05, 3.63) is 0 Å². The molecule has 3 heteroatoms. The summed E-state index contributed by atoms with van der Waals surface area (Å²) in [6.45, 7) is 7.83.